The Labute approximate surface area is 156 Å². The van der Waals surface area contributed by atoms with Crippen molar-refractivity contribution in [1.29, 1.82) is 0 Å². The highest BCUT2D eigenvalue weighted by Gasteiger charge is 2.36. The fourth-order valence-corrected chi connectivity index (χ4v) is 5.42. The summed E-state index contributed by atoms with van der Waals surface area (Å²) in [4.78, 5) is -0.482. The molecule has 1 heterocycles. The van der Waals surface area contributed by atoms with Crippen LogP contribution in [0.5, 0.6) is 0 Å². The van der Waals surface area contributed by atoms with Gasteiger partial charge in [-0.25, -0.2) is 8.42 Å². The number of hydrogen-bond donors (Lipinski definition) is 0. The van der Waals surface area contributed by atoms with Crippen LogP contribution in [0.1, 0.15) is 24.8 Å². The molecule has 1 aliphatic heterocycles. The molecule has 3 rings (SSSR count). The molecule has 0 N–H and O–H groups in total. The molecule has 0 radical (unpaired) electrons. The highest BCUT2D eigenvalue weighted by atomic mass is 35.5. The highest BCUT2D eigenvalue weighted by molar-refractivity contribution is 7.89. The normalized spacial score (nSPS) is 20.6. The van der Waals surface area contributed by atoms with Gasteiger partial charge in [-0.1, -0.05) is 35.9 Å². The van der Waals surface area contributed by atoms with Crippen LogP contribution in [-0.2, 0) is 16.2 Å². The summed E-state index contributed by atoms with van der Waals surface area (Å²) in [6.07, 6.45) is 6.08. The van der Waals surface area contributed by atoms with Crippen molar-refractivity contribution in [3.05, 3.63) is 53.1 Å². The number of halogens is 4. The second kappa shape index (κ2) is 7.37. The molecule has 2 aliphatic rings. The predicted molar refractivity (Wildman–Crippen MR) is 94.3 cm³/mol. The van der Waals surface area contributed by atoms with Gasteiger partial charge in [0, 0.05) is 13.1 Å². The first-order chi connectivity index (χ1) is 12.2. The summed E-state index contributed by atoms with van der Waals surface area (Å²) in [7, 11) is -4.06. The molecule has 142 valence electrons. The lowest BCUT2D eigenvalue weighted by atomic mass is 9.83. The van der Waals surface area contributed by atoms with Gasteiger partial charge in [-0.05, 0) is 49.3 Å². The summed E-state index contributed by atoms with van der Waals surface area (Å²) in [5.41, 5.74) is -1.02. The van der Waals surface area contributed by atoms with E-state index in [4.69, 9.17) is 11.6 Å². The second-order valence-electron chi connectivity index (χ2n) is 6.55. The maximum Gasteiger partial charge on any atom is 0.416 e. The number of nitrogens with zero attached hydrogens (tertiary/aromatic N) is 1. The van der Waals surface area contributed by atoms with Crippen molar-refractivity contribution >= 4 is 21.6 Å². The molecule has 8 heteroatoms. The maximum atomic E-state index is 12.9. The Kier molecular flexibility index (Phi) is 5.51. The van der Waals surface area contributed by atoms with Crippen molar-refractivity contribution < 1.29 is 21.6 Å². The minimum absolute atomic E-state index is 0.196. The van der Waals surface area contributed by atoms with E-state index in [0.717, 1.165) is 18.6 Å². The van der Waals surface area contributed by atoms with Gasteiger partial charge in [-0.2, -0.15) is 17.5 Å². The van der Waals surface area contributed by atoms with E-state index in [-0.39, 0.29) is 18.1 Å². The lowest BCUT2D eigenvalue weighted by molar-refractivity contribution is -0.137. The fourth-order valence-electron chi connectivity index (χ4n) is 3.45. The molecule has 0 amide bonds. The van der Waals surface area contributed by atoms with Gasteiger partial charge in [-0.15, -0.1) is 0 Å². The molecule has 0 unspecified atom stereocenters. The lowest BCUT2D eigenvalue weighted by Gasteiger charge is -2.34. The summed E-state index contributed by atoms with van der Waals surface area (Å²) < 4.78 is 65.6. The Morgan fingerprint density at radius 2 is 1.69 bits per heavy atom. The van der Waals surface area contributed by atoms with E-state index < -0.39 is 26.7 Å². The molecular weight excluding hydrogens is 387 g/mol. The molecule has 0 atom stereocenters. The van der Waals surface area contributed by atoms with Crippen LogP contribution >= 0.6 is 11.6 Å². The van der Waals surface area contributed by atoms with Gasteiger partial charge in [0.1, 0.15) is 4.90 Å². The third-order valence-corrected chi connectivity index (χ3v) is 7.29. The summed E-state index contributed by atoms with van der Waals surface area (Å²) in [6.45, 7) is 0.551. The van der Waals surface area contributed by atoms with Crippen LogP contribution in [-0.4, -0.2) is 25.8 Å². The Bertz CT molecular complexity index is 813. The van der Waals surface area contributed by atoms with Crippen LogP contribution in [0.25, 0.3) is 0 Å². The first kappa shape index (κ1) is 19.5. The van der Waals surface area contributed by atoms with Crippen molar-refractivity contribution in [2.75, 3.05) is 13.1 Å². The quantitative estimate of drug-likeness (QED) is 0.671. The van der Waals surface area contributed by atoms with Crippen LogP contribution in [0.2, 0.25) is 5.02 Å². The molecule has 1 saturated heterocycles. The van der Waals surface area contributed by atoms with Gasteiger partial charge < -0.3 is 0 Å². The minimum atomic E-state index is -4.62. The largest absolute Gasteiger partial charge is 0.416 e. The van der Waals surface area contributed by atoms with Crippen LogP contribution in [0, 0.1) is 11.8 Å². The molecular formula is C18H19ClF3NO2S. The van der Waals surface area contributed by atoms with Crippen molar-refractivity contribution in [2.45, 2.75) is 30.3 Å². The van der Waals surface area contributed by atoms with E-state index in [1.165, 1.54) is 4.31 Å². The highest BCUT2D eigenvalue weighted by Crippen LogP contribution is 2.36. The first-order valence-electron chi connectivity index (χ1n) is 8.40. The van der Waals surface area contributed by atoms with Gasteiger partial charge in [-0.3, -0.25) is 0 Å². The lowest BCUT2D eigenvalue weighted by Crippen LogP contribution is -2.40. The molecule has 1 aromatic carbocycles. The number of rotatable bonds is 3. The topological polar surface area (TPSA) is 37.4 Å². The molecule has 1 aliphatic carbocycles. The number of sulfonamides is 1. The Balaban J connectivity index is 1.78. The van der Waals surface area contributed by atoms with Gasteiger partial charge in [0.05, 0.1) is 10.6 Å². The maximum absolute atomic E-state index is 12.9. The molecule has 0 bridgehead atoms. The summed E-state index contributed by atoms with van der Waals surface area (Å²) in [6, 6.07) is 2.40. The van der Waals surface area contributed by atoms with Crippen molar-refractivity contribution in [3.8, 4) is 0 Å². The van der Waals surface area contributed by atoms with E-state index in [1.807, 2.05) is 0 Å². The predicted octanol–water partition coefficient (Wildman–Crippen LogP) is 4.89. The molecule has 0 spiro atoms. The van der Waals surface area contributed by atoms with Gasteiger partial charge in [0.15, 0.2) is 0 Å². The summed E-state index contributed by atoms with van der Waals surface area (Å²) >= 11 is 5.91. The third-order valence-electron chi connectivity index (χ3n) is 4.91. The SMILES string of the molecule is O=S(=O)(c1cc(C(F)(F)F)ccc1Cl)N1CCC(C2C=CCC=C2)CC1. The average molecular weight is 406 g/mol. The van der Waals surface area contributed by atoms with Crippen molar-refractivity contribution in [1.82, 2.24) is 4.31 Å². The zero-order valence-corrected chi connectivity index (χ0v) is 15.5. The van der Waals surface area contributed by atoms with Crippen LogP contribution < -0.4 is 0 Å². The first-order valence-corrected chi connectivity index (χ1v) is 10.2. The standard InChI is InChI=1S/C18H19ClF3NO2S/c19-16-7-6-15(18(20,21)22)12-17(16)26(24,25)23-10-8-14(9-11-23)13-4-2-1-3-5-13/h2-7,12-14H,1,8-11H2. The van der Waals surface area contributed by atoms with Gasteiger partial charge >= 0.3 is 6.18 Å². The van der Waals surface area contributed by atoms with Gasteiger partial charge in [0.2, 0.25) is 10.0 Å². The van der Waals surface area contributed by atoms with Gasteiger partial charge in [0.25, 0.3) is 0 Å². The summed E-state index contributed by atoms with van der Waals surface area (Å²) in [5, 5.41) is -0.196. The molecule has 3 nitrogen and oxygen atoms in total. The van der Waals surface area contributed by atoms with Crippen LogP contribution in [0.3, 0.4) is 0 Å². The monoisotopic (exact) mass is 405 g/mol. The zero-order valence-electron chi connectivity index (χ0n) is 13.9. The number of benzene rings is 1. The average Bonchev–Trinajstić information content (AvgIpc) is 2.62. The number of allylic oxidation sites excluding steroid dienone is 4. The van der Waals surface area contributed by atoms with Crippen LogP contribution in [0.4, 0.5) is 13.2 Å². The fraction of sp³-hybridized carbons (Fsp3) is 0.444. The Hall–Kier alpha value is -1.31. The Morgan fingerprint density at radius 3 is 2.27 bits per heavy atom. The smallest absolute Gasteiger partial charge is 0.207 e. The van der Waals surface area contributed by atoms with E-state index in [1.54, 1.807) is 0 Å². The molecule has 1 aromatic rings. The molecule has 1 fully saturated rings. The van der Waals surface area contributed by atoms with Crippen molar-refractivity contribution in [3.63, 3.8) is 0 Å². The molecule has 0 aromatic heterocycles. The van der Waals surface area contributed by atoms with E-state index in [2.05, 4.69) is 24.3 Å². The van der Waals surface area contributed by atoms with E-state index in [9.17, 15) is 21.6 Å². The van der Waals surface area contributed by atoms with E-state index in [0.29, 0.717) is 30.7 Å². The molecule has 0 saturated carbocycles. The number of piperidine rings is 1. The zero-order chi connectivity index (χ0) is 18.9. The third kappa shape index (κ3) is 4.00. The van der Waals surface area contributed by atoms with Crippen LogP contribution in [0.15, 0.2) is 47.4 Å². The number of hydrogen-bond acceptors (Lipinski definition) is 2. The molecule has 26 heavy (non-hydrogen) atoms. The minimum Gasteiger partial charge on any atom is -0.207 e. The summed E-state index contributed by atoms with van der Waals surface area (Å²) in [5.74, 6) is 0.636. The Morgan fingerprint density at radius 1 is 1.08 bits per heavy atom. The second-order valence-corrected chi connectivity index (χ2v) is 8.87. The van der Waals surface area contributed by atoms with Crippen molar-refractivity contribution in [2.24, 2.45) is 11.8 Å². The number of alkyl halides is 3. The van der Waals surface area contributed by atoms with E-state index >= 15 is 0 Å².